The Balaban J connectivity index is 0.000000972. The Morgan fingerprint density at radius 3 is 1.72 bits per heavy atom. The molecule has 0 atom stereocenters. The van der Waals surface area contributed by atoms with Crippen molar-refractivity contribution in [3.05, 3.63) is 12.2 Å². The smallest absolute Gasteiger partial charge is 0.303 e. The van der Waals surface area contributed by atoms with Crippen LogP contribution < -0.4 is 10.6 Å². The molecule has 1 fully saturated rings. The van der Waals surface area contributed by atoms with Crippen LogP contribution in [-0.4, -0.2) is 30.8 Å². The SMILES string of the molecule is C1CNCN1.CCCCCCCC/C=C\CCCCCCCC(=O)O. The van der Waals surface area contributed by atoms with E-state index in [1.807, 2.05) is 0 Å². The Hall–Kier alpha value is -0.870. The first-order chi connectivity index (χ1) is 12.3. The molecule has 0 aromatic carbocycles. The van der Waals surface area contributed by atoms with E-state index in [2.05, 4.69) is 29.7 Å². The molecule has 0 bridgehead atoms. The Kier molecular flexibility index (Phi) is 20.4. The van der Waals surface area contributed by atoms with Crippen LogP contribution in [0.5, 0.6) is 0 Å². The van der Waals surface area contributed by atoms with Crippen molar-refractivity contribution in [2.75, 3.05) is 19.8 Å². The molecule has 0 saturated carbocycles. The van der Waals surface area contributed by atoms with E-state index < -0.39 is 5.97 Å². The highest BCUT2D eigenvalue weighted by Gasteiger charge is 1.95. The van der Waals surface area contributed by atoms with Crippen molar-refractivity contribution in [1.29, 1.82) is 0 Å². The number of hydrogen-bond acceptors (Lipinski definition) is 3. The van der Waals surface area contributed by atoms with Gasteiger partial charge in [-0.05, 0) is 32.1 Å². The molecule has 1 rings (SSSR count). The molecule has 1 heterocycles. The summed E-state index contributed by atoms with van der Waals surface area (Å²) in [5, 5.41) is 14.7. The summed E-state index contributed by atoms with van der Waals surface area (Å²) in [7, 11) is 0. The van der Waals surface area contributed by atoms with Gasteiger partial charge in [0.15, 0.2) is 0 Å². The van der Waals surface area contributed by atoms with Crippen LogP contribution in [0, 0.1) is 0 Å². The Bertz CT molecular complexity index is 295. The summed E-state index contributed by atoms with van der Waals surface area (Å²) in [6.45, 7) is 5.54. The Morgan fingerprint density at radius 1 is 0.800 bits per heavy atom. The first kappa shape index (κ1) is 24.1. The maximum absolute atomic E-state index is 10.3. The normalized spacial score (nSPS) is 13.8. The van der Waals surface area contributed by atoms with E-state index in [1.54, 1.807) is 0 Å². The quantitative estimate of drug-likeness (QED) is 0.278. The fourth-order valence-corrected chi connectivity index (χ4v) is 2.79. The fourth-order valence-electron chi connectivity index (χ4n) is 2.79. The molecule has 0 aromatic rings. The number of allylic oxidation sites excluding steroid dienone is 2. The van der Waals surface area contributed by atoms with Crippen molar-refractivity contribution < 1.29 is 9.90 Å². The second-order valence-corrected chi connectivity index (χ2v) is 6.90. The number of rotatable bonds is 15. The van der Waals surface area contributed by atoms with Crippen LogP contribution in [0.4, 0.5) is 0 Å². The van der Waals surface area contributed by atoms with E-state index in [0.717, 1.165) is 32.6 Å². The molecule has 0 unspecified atom stereocenters. The minimum atomic E-state index is -0.664. The molecule has 4 nitrogen and oxygen atoms in total. The molecular formula is C21H42N2O2. The van der Waals surface area contributed by atoms with E-state index in [4.69, 9.17) is 5.11 Å². The van der Waals surface area contributed by atoms with Gasteiger partial charge < -0.3 is 15.7 Å². The third kappa shape index (κ3) is 23.1. The maximum atomic E-state index is 10.3. The van der Waals surface area contributed by atoms with Crippen LogP contribution in [0.25, 0.3) is 0 Å². The van der Waals surface area contributed by atoms with E-state index >= 15 is 0 Å². The van der Waals surface area contributed by atoms with Crippen LogP contribution in [0.1, 0.15) is 96.8 Å². The molecule has 0 aliphatic carbocycles. The highest BCUT2D eigenvalue weighted by molar-refractivity contribution is 5.66. The van der Waals surface area contributed by atoms with E-state index in [-0.39, 0.29) is 0 Å². The van der Waals surface area contributed by atoms with Crippen LogP contribution in [0.2, 0.25) is 0 Å². The van der Waals surface area contributed by atoms with Gasteiger partial charge in [0.05, 0.1) is 0 Å². The third-order valence-corrected chi connectivity index (χ3v) is 4.38. The number of carboxylic acids is 1. The number of aliphatic carboxylic acids is 1. The van der Waals surface area contributed by atoms with Gasteiger partial charge >= 0.3 is 5.97 Å². The lowest BCUT2D eigenvalue weighted by Crippen LogP contribution is -2.11. The number of nitrogens with one attached hydrogen (secondary N) is 2. The highest BCUT2D eigenvalue weighted by Crippen LogP contribution is 2.09. The van der Waals surface area contributed by atoms with Crippen molar-refractivity contribution in [1.82, 2.24) is 10.6 Å². The molecule has 0 spiro atoms. The predicted molar refractivity (Wildman–Crippen MR) is 108 cm³/mol. The second kappa shape index (κ2) is 21.2. The minimum Gasteiger partial charge on any atom is -0.481 e. The molecule has 148 valence electrons. The molecular weight excluding hydrogens is 312 g/mol. The average molecular weight is 355 g/mol. The summed E-state index contributed by atoms with van der Waals surface area (Å²) in [4.78, 5) is 10.3. The van der Waals surface area contributed by atoms with Gasteiger partial charge in [-0.3, -0.25) is 4.79 Å². The van der Waals surface area contributed by atoms with Crippen LogP contribution in [0.15, 0.2) is 12.2 Å². The summed E-state index contributed by atoms with van der Waals surface area (Å²) in [5.74, 6) is -0.664. The number of unbranched alkanes of at least 4 members (excludes halogenated alkanes) is 11. The molecule has 3 N–H and O–H groups in total. The molecule has 25 heavy (non-hydrogen) atoms. The third-order valence-electron chi connectivity index (χ3n) is 4.38. The monoisotopic (exact) mass is 354 g/mol. The van der Waals surface area contributed by atoms with Crippen molar-refractivity contribution in [3.8, 4) is 0 Å². The van der Waals surface area contributed by atoms with E-state index in [1.165, 1.54) is 70.6 Å². The number of hydrogen-bond donors (Lipinski definition) is 3. The van der Waals surface area contributed by atoms with Crippen LogP contribution >= 0.6 is 0 Å². The zero-order valence-corrected chi connectivity index (χ0v) is 16.5. The van der Waals surface area contributed by atoms with E-state index in [9.17, 15) is 4.79 Å². The Labute approximate surface area is 155 Å². The van der Waals surface area contributed by atoms with E-state index in [0.29, 0.717) is 6.42 Å². The summed E-state index contributed by atoms with van der Waals surface area (Å²) in [5.41, 5.74) is 0. The zero-order chi connectivity index (χ0) is 18.4. The van der Waals surface area contributed by atoms with Crippen molar-refractivity contribution in [2.45, 2.75) is 96.8 Å². The molecule has 1 aliphatic rings. The van der Waals surface area contributed by atoms with Gasteiger partial charge in [-0.15, -0.1) is 0 Å². The lowest BCUT2D eigenvalue weighted by atomic mass is 10.1. The van der Waals surface area contributed by atoms with Gasteiger partial charge in [0.25, 0.3) is 0 Å². The number of carbonyl (C=O) groups is 1. The maximum Gasteiger partial charge on any atom is 0.303 e. The van der Waals surface area contributed by atoms with Gasteiger partial charge in [0.2, 0.25) is 0 Å². The second-order valence-electron chi connectivity index (χ2n) is 6.90. The Morgan fingerprint density at radius 2 is 1.28 bits per heavy atom. The molecule has 0 radical (unpaired) electrons. The molecule has 1 saturated heterocycles. The number of carboxylic acid groups (broad SMARTS) is 1. The fraction of sp³-hybridized carbons (Fsp3) is 0.857. The molecule has 0 aromatic heterocycles. The standard InChI is InChI=1S/C18H34O2.C3H8N2/c1-2-3-4-5-6-7-8-9-10-11-12-13-14-15-16-17-18(19)20;1-2-5-3-4-1/h9-10H,2-8,11-17H2,1H3,(H,19,20);4-5H,1-3H2/b10-9-;. The largest absolute Gasteiger partial charge is 0.481 e. The summed E-state index contributed by atoms with van der Waals surface area (Å²) < 4.78 is 0. The summed E-state index contributed by atoms with van der Waals surface area (Å²) >= 11 is 0. The average Bonchev–Trinajstić information content (AvgIpc) is 3.18. The van der Waals surface area contributed by atoms with Crippen molar-refractivity contribution in [2.24, 2.45) is 0 Å². The molecule has 4 heteroatoms. The molecule has 0 amide bonds. The topological polar surface area (TPSA) is 61.4 Å². The van der Waals surface area contributed by atoms with Crippen LogP contribution in [0.3, 0.4) is 0 Å². The summed E-state index contributed by atoms with van der Waals surface area (Å²) in [6.07, 6.45) is 21.2. The predicted octanol–water partition coefficient (Wildman–Crippen LogP) is 5.25. The zero-order valence-electron chi connectivity index (χ0n) is 16.5. The first-order valence-corrected chi connectivity index (χ1v) is 10.6. The van der Waals surface area contributed by atoms with Gasteiger partial charge in [-0.2, -0.15) is 0 Å². The van der Waals surface area contributed by atoms with Gasteiger partial charge in [-0.1, -0.05) is 70.4 Å². The van der Waals surface area contributed by atoms with Gasteiger partial charge in [-0.25, -0.2) is 0 Å². The minimum absolute atomic E-state index is 0.332. The molecule has 1 aliphatic heterocycles. The summed E-state index contributed by atoms with van der Waals surface area (Å²) in [6, 6.07) is 0. The van der Waals surface area contributed by atoms with Crippen molar-refractivity contribution in [3.63, 3.8) is 0 Å². The highest BCUT2D eigenvalue weighted by atomic mass is 16.4. The van der Waals surface area contributed by atoms with Gasteiger partial charge in [0.1, 0.15) is 0 Å². The van der Waals surface area contributed by atoms with Crippen molar-refractivity contribution >= 4 is 5.97 Å². The van der Waals surface area contributed by atoms with Crippen LogP contribution in [-0.2, 0) is 4.79 Å². The lowest BCUT2D eigenvalue weighted by Gasteiger charge is -1.99. The first-order valence-electron chi connectivity index (χ1n) is 10.6. The lowest BCUT2D eigenvalue weighted by molar-refractivity contribution is -0.137. The van der Waals surface area contributed by atoms with Gasteiger partial charge in [0, 0.05) is 26.2 Å².